The topological polar surface area (TPSA) is 148 Å². The number of methoxy groups -OCH3 is 2. The molecule has 176 valence electrons. The van der Waals surface area contributed by atoms with E-state index >= 15 is 0 Å². The normalized spacial score (nSPS) is 25.2. The Morgan fingerprint density at radius 1 is 1.00 bits per heavy atom. The summed E-state index contributed by atoms with van der Waals surface area (Å²) < 4.78 is 27.2. The summed E-state index contributed by atoms with van der Waals surface area (Å²) in [5, 5.41) is 40.5. The van der Waals surface area contributed by atoms with E-state index in [2.05, 4.69) is 0 Å². The molecule has 2 heterocycles. The van der Waals surface area contributed by atoms with Gasteiger partial charge in [-0.1, -0.05) is 0 Å². The maximum Gasteiger partial charge on any atom is 0.229 e. The first kappa shape index (κ1) is 23.0. The van der Waals surface area contributed by atoms with Crippen molar-refractivity contribution in [3.63, 3.8) is 0 Å². The fourth-order valence-corrected chi connectivity index (χ4v) is 3.78. The van der Waals surface area contributed by atoms with Gasteiger partial charge in [-0.2, -0.15) is 0 Å². The van der Waals surface area contributed by atoms with Gasteiger partial charge in [0, 0.05) is 30.9 Å². The molecule has 10 heteroatoms. The zero-order valence-electron chi connectivity index (χ0n) is 17.9. The summed E-state index contributed by atoms with van der Waals surface area (Å²) in [4.78, 5) is 12.6. The lowest BCUT2D eigenvalue weighted by atomic mass is 9.99. The number of aliphatic hydroxyl groups is 3. The number of ether oxygens (including phenoxy) is 4. The van der Waals surface area contributed by atoms with E-state index in [9.17, 15) is 25.2 Å². The van der Waals surface area contributed by atoms with E-state index in [1.807, 2.05) is 0 Å². The molecule has 5 atom stereocenters. The predicted octanol–water partition coefficient (Wildman–Crippen LogP) is 1.01. The van der Waals surface area contributed by atoms with E-state index in [1.54, 1.807) is 31.4 Å². The highest BCUT2D eigenvalue weighted by Gasteiger charge is 2.45. The second kappa shape index (κ2) is 9.38. The predicted molar refractivity (Wildman–Crippen MR) is 115 cm³/mol. The molecular weight excluding hydrogens is 436 g/mol. The molecule has 0 bridgehead atoms. The zero-order chi connectivity index (χ0) is 23.7. The lowest BCUT2D eigenvalue weighted by Crippen LogP contribution is -2.60. The van der Waals surface area contributed by atoms with Crippen molar-refractivity contribution in [3.05, 3.63) is 52.7 Å². The molecule has 3 aromatic rings. The molecule has 1 fully saturated rings. The van der Waals surface area contributed by atoms with Gasteiger partial charge in [0.2, 0.25) is 6.29 Å². The Bertz CT molecular complexity index is 1170. The van der Waals surface area contributed by atoms with Gasteiger partial charge in [0.15, 0.2) is 5.43 Å². The van der Waals surface area contributed by atoms with Crippen molar-refractivity contribution in [1.29, 1.82) is 0 Å². The van der Waals surface area contributed by atoms with Crippen molar-refractivity contribution < 1.29 is 43.8 Å². The molecular formula is C23H24O10. The number of fused-ring (bicyclic) bond motifs is 1. The van der Waals surface area contributed by atoms with Crippen molar-refractivity contribution in [3.8, 4) is 28.6 Å². The molecule has 1 aliphatic rings. The average Bonchev–Trinajstić information content (AvgIpc) is 2.81. The van der Waals surface area contributed by atoms with Crippen LogP contribution in [0.3, 0.4) is 0 Å². The minimum atomic E-state index is -1.51. The third-order valence-electron chi connectivity index (χ3n) is 5.50. The molecule has 1 aromatic heterocycles. The van der Waals surface area contributed by atoms with Gasteiger partial charge in [0.05, 0.1) is 13.7 Å². The Morgan fingerprint density at radius 2 is 1.73 bits per heavy atom. The lowest BCUT2D eigenvalue weighted by molar-refractivity contribution is -0.281. The van der Waals surface area contributed by atoms with Crippen LogP contribution in [0.1, 0.15) is 0 Å². The first-order valence-corrected chi connectivity index (χ1v) is 10.1. The van der Waals surface area contributed by atoms with Gasteiger partial charge in [0.25, 0.3) is 0 Å². The number of phenols is 1. The summed E-state index contributed by atoms with van der Waals surface area (Å²) in [7, 11) is 2.86. The number of aromatic hydroxyl groups is 1. The highest BCUT2D eigenvalue weighted by Crippen LogP contribution is 2.33. The van der Waals surface area contributed by atoms with Gasteiger partial charge < -0.3 is 43.8 Å². The highest BCUT2D eigenvalue weighted by molar-refractivity contribution is 5.86. The molecule has 5 unspecified atom stereocenters. The summed E-state index contributed by atoms with van der Waals surface area (Å²) >= 11 is 0. The smallest absolute Gasteiger partial charge is 0.229 e. The van der Waals surface area contributed by atoms with Gasteiger partial charge >= 0.3 is 0 Å². The van der Waals surface area contributed by atoms with Crippen LogP contribution in [-0.4, -0.2) is 72.0 Å². The van der Waals surface area contributed by atoms with E-state index in [1.165, 1.54) is 25.3 Å². The average molecular weight is 460 g/mol. The largest absolute Gasteiger partial charge is 0.507 e. The second-order valence-electron chi connectivity index (χ2n) is 7.54. The molecule has 10 nitrogen and oxygen atoms in total. The number of benzene rings is 2. The number of hydrogen-bond acceptors (Lipinski definition) is 10. The number of hydrogen-bond donors (Lipinski definition) is 4. The van der Waals surface area contributed by atoms with Crippen LogP contribution < -0.4 is 14.9 Å². The Labute approximate surface area is 188 Å². The SMILES string of the molecule is COc1ccc(-c2cc(=O)c3c(O)cc(OC4OC(CO)C(OC)C(O)C4O)cc3o2)cc1. The Balaban J connectivity index is 1.68. The minimum absolute atomic E-state index is 0.0128. The Hall–Kier alpha value is -3.15. The standard InChI is InChI=1S/C23H24O10/c1-29-12-5-3-11(4-6-12)16-9-15(26)19-14(25)7-13(8-17(19)32-16)31-23-21(28)20(27)22(30-2)18(10-24)33-23/h3-9,18,20-25,27-28H,10H2,1-2H3. The molecule has 1 saturated heterocycles. The van der Waals surface area contributed by atoms with E-state index < -0.39 is 48.5 Å². The second-order valence-corrected chi connectivity index (χ2v) is 7.54. The molecule has 4 N–H and O–H groups in total. The quantitative estimate of drug-likeness (QED) is 0.420. The molecule has 1 aliphatic heterocycles. The monoisotopic (exact) mass is 460 g/mol. The van der Waals surface area contributed by atoms with Crippen molar-refractivity contribution in [2.45, 2.75) is 30.7 Å². The summed E-state index contributed by atoms with van der Waals surface area (Å²) in [5.74, 6) is 0.524. The molecule has 0 aliphatic carbocycles. The van der Waals surface area contributed by atoms with Crippen LogP contribution in [0.4, 0.5) is 0 Å². The number of phenolic OH excluding ortho intramolecular Hbond substituents is 1. The summed E-state index contributed by atoms with van der Waals surface area (Å²) in [6, 6.07) is 10.7. The van der Waals surface area contributed by atoms with Gasteiger partial charge in [-0.05, 0) is 24.3 Å². The van der Waals surface area contributed by atoms with Crippen LogP contribution in [0.15, 0.2) is 51.7 Å². The lowest BCUT2D eigenvalue weighted by Gasteiger charge is -2.41. The molecule has 0 radical (unpaired) electrons. The maximum atomic E-state index is 12.6. The van der Waals surface area contributed by atoms with E-state index in [0.29, 0.717) is 11.3 Å². The van der Waals surface area contributed by atoms with Crippen molar-refractivity contribution >= 4 is 11.0 Å². The number of aliphatic hydroxyl groups excluding tert-OH is 3. The van der Waals surface area contributed by atoms with Crippen LogP contribution in [0, 0.1) is 0 Å². The summed E-state index contributed by atoms with van der Waals surface area (Å²) in [5.41, 5.74) is 0.201. The van der Waals surface area contributed by atoms with E-state index in [4.69, 9.17) is 23.4 Å². The van der Waals surface area contributed by atoms with E-state index in [0.717, 1.165) is 0 Å². The Kier molecular flexibility index (Phi) is 6.54. The van der Waals surface area contributed by atoms with Crippen LogP contribution in [0.25, 0.3) is 22.3 Å². The summed E-state index contributed by atoms with van der Waals surface area (Å²) in [6.45, 7) is -0.481. The highest BCUT2D eigenvalue weighted by atomic mass is 16.7. The van der Waals surface area contributed by atoms with Gasteiger partial charge in [-0.25, -0.2) is 0 Å². The van der Waals surface area contributed by atoms with Crippen LogP contribution in [0.5, 0.6) is 17.2 Å². The maximum absolute atomic E-state index is 12.6. The molecule has 33 heavy (non-hydrogen) atoms. The molecule has 4 rings (SSSR count). The molecule has 0 amide bonds. The van der Waals surface area contributed by atoms with Gasteiger partial charge in [-0.3, -0.25) is 4.79 Å². The van der Waals surface area contributed by atoms with Crippen LogP contribution in [0.2, 0.25) is 0 Å². The fraction of sp³-hybridized carbons (Fsp3) is 0.348. The molecule has 0 spiro atoms. The fourth-order valence-electron chi connectivity index (χ4n) is 3.78. The van der Waals surface area contributed by atoms with Crippen molar-refractivity contribution in [2.75, 3.05) is 20.8 Å². The summed E-state index contributed by atoms with van der Waals surface area (Å²) in [6.07, 6.45) is -6.18. The zero-order valence-corrected chi connectivity index (χ0v) is 17.9. The van der Waals surface area contributed by atoms with E-state index in [-0.39, 0.29) is 22.5 Å². The molecule has 2 aromatic carbocycles. The van der Waals surface area contributed by atoms with Crippen molar-refractivity contribution in [2.24, 2.45) is 0 Å². The minimum Gasteiger partial charge on any atom is -0.507 e. The first-order valence-electron chi connectivity index (χ1n) is 10.1. The van der Waals surface area contributed by atoms with Gasteiger partial charge in [-0.15, -0.1) is 0 Å². The number of rotatable bonds is 6. The van der Waals surface area contributed by atoms with Crippen LogP contribution in [-0.2, 0) is 9.47 Å². The Morgan fingerprint density at radius 3 is 2.36 bits per heavy atom. The van der Waals surface area contributed by atoms with Crippen molar-refractivity contribution in [1.82, 2.24) is 0 Å². The van der Waals surface area contributed by atoms with Crippen LogP contribution >= 0.6 is 0 Å². The molecule has 0 saturated carbocycles. The third-order valence-corrected chi connectivity index (χ3v) is 5.50. The first-order chi connectivity index (χ1) is 15.9. The third kappa shape index (κ3) is 4.39. The van der Waals surface area contributed by atoms with Gasteiger partial charge in [0.1, 0.15) is 58.4 Å².